The van der Waals surface area contributed by atoms with Crippen molar-refractivity contribution in [3.05, 3.63) is 365 Å². The Labute approximate surface area is 593 Å². The molecule has 0 aliphatic rings. The second-order valence-corrected chi connectivity index (χ2v) is 25.9. The number of hydrogen-bond acceptors (Lipinski definition) is 0. The van der Waals surface area contributed by atoms with Crippen LogP contribution in [0.4, 0.5) is 0 Å². The van der Waals surface area contributed by atoms with Gasteiger partial charge in [-0.05, 0) is 181 Å². The molecular formula is C96H76SiZr-4. The van der Waals surface area contributed by atoms with Crippen LogP contribution in [0.1, 0.15) is 60.8 Å². The molecule has 2 heteroatoms. The molecule has 18 rings (SSSR count). The second kappa shape index (κ2) is 28.5. The van der Waals surface area contributed by atoms with Gasteiger partial charge < -0.3 is 14.9 Å². The molecule has 98 heavy (non-hydrogen) atoms. The van der Waals surface area contributed by atoms with E-state index in [9.17, 15) is 0 Å². The summed E-state index contributed by atoms with van der Waals surface area (Å²) in [5.74, 6) is 0.938. The summed E-state index contributed by atoms with van der Waals surface area (Å²) < 4.78 is 0. The Hall–Kier alpha value is -10.1. The Bertz CT molecular complexity index is 5040. The van der Waals surface area contributed by atoms with Crippen molar-refractivity contribution in [2.45, 2.75) is 51.4 Å². The molecule has 0 N–H and O–H groups in total. The van der Waals surface area contributed by atoms with Crippen molar-refractivity contribution >= 4 is 115 Å². The number of benzene rings is 16. The summed E-state index contributed by atoms with van der Waals surface area (Å²) >= 11 is 1.36. The van der Waals surface area contributed by atoms with Crippen molar-refractivity contribution in [2.24, 2.45) is 0 Å². The van der Waals surface area contributed by atoms with Gasteiger partial charge >= 0.3 is 30.2 Å². The van der Waals surface area contributed by atoms with Gasteiger partial charge in [-0.2, -0.15) is 12.1 Å². The van der Waals surface area contributed by atoms with Gasteiger partial charge in [0.1, 0.15) is 0 Å². The third-order valence-corrected chi connectivity index (χ3v) is 20.5. The van der Waals surface area contributed by atoms with Gasteiger partial charge in [-0.15, -0.1) is 44.8 Å². The molecule has 0 nitrogen and oxygen atoms in total. The van der Waals surface area contributed by atoms with E-state index in [0.29, 0.717) is 11.8 Å². The van der Waals surface area contributed by atoms with E-state index in [0.717, 1.165) is 25.7 Å². The molecule has 0 spiro atoms. The Morgan fingerprint density at radius 2 is 0.469 bits per heavy atom. The normalized spacial score (nSPS) is 12.0. The number of rotatable bonds is 12. The molecule has 0 amide bonds. The minimum atomic E-state index is 0. The predicted octanol–water partition coefficient (Wildman–Crippen LogP) is 27.0. The van der Waals surface area contributed by atoms with Gasteiger partial charge in [0.2, 0.25) is 0 Å². The average Bonchev–Trinajstić information content (AvgIpc) is 1.34. The molecule has 0 saturated heterocycles. The quantitative estimate of drug-likeness (QED) is 0.0650. The first-order chi connectivity index (χ1) is 47.5. The van der Waals surface area contributed by atoms with Gasteiger partial charge in [-0.3, -0.25) is 0 Å². The van der Waals surface area contributed by atoms with Gasteiger partial charge in [-0.1, -0.05) is 315 Å². The van der Waals surface area contributed by atoms with Crippen LogP contribution < -0.4 is 0 Å². The van der Waals surface area contributed by atoms with Crippen molar-refractivity contribution in [1.29, 1.82) is 0 Å². The van der Waals surface area contributed by atoms with E-state index in [1.807, 2.05) is 0 Å². The fourth-order valence-electron chi connectivity index (χ4n) is 16.1. The number of fused-ring (bicyclic) bond motifs is 10. The van der Waals surface area contributed by atoms with Crippen molar-refractivity contribution < 1.29 is 23.3 Å². The van der Waals surface area contributed by atoms with Gasteiger partial charge in [0.25, 0.3) is 0 Å². The standard InChI is InChI=1S/2C47H35.2CH3.Si.Zr/c2*1-2-32(33-14-4-3-5-15-33)26-31-27-44-42(46-38-20-10-6-16-34(38)29-35-17-7-11-21-39(35)46)24-25-43(45(44)28-31)47-40-22-12-8-18-36(40)30-37-19-9-13-23-41(37)47;;;;/h2*3-25,27-30,32H,2,26H2,1H3;2*1H3;;/q4*-1;;. The fraction of sp³-hybridized carbons (Fsp3) is 0.0833. The molecule has 0 heterocycles. The summed E-state index contributed by atoms with van der Waals surface area (Å²) in [5.41, 5.74) is 16.2. The molecule has 0 aliphatic heterocycles. The van der Waals surface area contributed by atoms with E-state index in [-0.39, 0.29) is 14.9 Å². The predicted molar refractivity (Wildman–Crippen MR) is 426 cm³/mol. The van der Waals surface area contributed by atoms with Gasteiger partial charge in [-0.25, -0.2) is 0 Å². The van der Waals surface area contributed by atoms with Crippen molar-refractivity contribution in [2.75, 3.05) is 0 Å². The topological polar surface area (TPSA) is 0 Å². The molecular weight excluding hydrogens is 1270 g/mol. The van der Waals surface area contributed by atoms with Crippen LogP contribution in [0.3, 0.4) is 0 Å². The Balaban J connectivity index is 0.000000160. The molecule has 0 saturated carbocycles. The summed E-state index contributed by atoms with van der Waals surface area (Å²) in [6, 6.07) is 122. The average molecular weight is 1350 g/mol. The van der Waals surface area contributed by atoms with Crippen LogP contribution in [0.2, 0.25) is 0 Å². The van der Waals surface area contributed by atoms with Gasteiger partial charge in [0, 0.05) is 0 Å². The second-order valence-electron chi connectivity index (χ2n) is 25.9. The Kier molecular flexibility index (Phi) is 19.0. The van der Waals surface area contributed by atoms with E-state index in [2.05, 4.69) is 348 Å². The van der Waals surface area contributed by atoms with E-state index < -0.39 is 0 Å². The van der Waals surface area contributed by atoms with E-state index in [1.54, 1.807) is 0 Å². The molecule has 2 unspecified atom stereocenters. The van der Waals surface area contributed by atoms with Gasteiger partial charge in [0.05, 0.1) is 0 Å². The van der Waals surface area contributed by atoms with Crippen molar-refractivity contribution in [3.63, 3.8) is 0 Å². The van der Waals surface area contributed by atoms with Crippen LogP contribution >= 0.6 is 0 Å². The van der Waals surface area contributed by atoms with E-state index in [1.165, 1.54) is 198 Å². The van der Waals surface area contributed by atoms with Crippen LogP contribution in [0, 0.1) is 14.9 Å². The maximum absolute atomic E-state index is 3.06. The summed E-state index contributed by atoms with van der Waals surface area (Å²) in [7, 11) is 0. The molecule has 2 radical (unpaired) electrons. The zero-order valence-electron chi connectivity index (χ0n) is 56.2. The maximum atomic E-state index is 3.06. The van der Waals surface area contributed by atoms with Crippen molar-refractivity contribution in [1.82, 2.24) is 0 Å². The first-order valence-electron chi connectivity index (χ1n) is 34.0. The van der Waals surface area contributed by atoms with Crippen LogP contribution in [0.5, 0.6) is 0 Å². The first-order valence-corrected chi connectivity index (χ1v) is 38.1. The van der Waals surface area contributed by atoms with Gasteiger partial charge in [0.15, 0.2) is 0 Å². The monoisotopic (exact) mass is 1350 g/mol. The Morgan fingerprint density at radius 3 is 0.714 bits per heavy atom. The summed E-state index contributed by atoms with van der Waals surface area (Å²) in [6.07, 6.45) is 4.24. The Morgan fingerprint density at radius 1 is 0.255 bits per heavy atom. The molecule has 0 aromatic heterocycles. The zero-order valence-corrected chi connectivity index (χ0v) is 59.6. The number of hydrogen-bond donors (Lipinski definition) is 0. The fourth-order valence-corrected chi connectivity index (χ4v) is 16.1. The zero-order chi connectivity index (χ0) is 64.6. The van der Waals surface area contributed by atoms with Crippen molar-refractivity contribution in [3.8, 4) is 44.5 Å². The van der Waals surface area contributed by atoms with Crippen LogP contribution in [0.25, 0.3) is 152 Å². The van der Waals surface area contributed by atoms with E-state index >= 15 is 0 Å². The van der Waals surface area contributed by atoms with Crippen LogP contribution in [-0.4, -0.2) is 6.88 Å². The van der Waals surface area contributed by atoms with Crippen LogP contribution in [-0.2, 0) is 36.2 Å². The molecule has 0 aliphatic carbocycles. The SMILES string of the molecule is CCC(Cc1cc2c(-c3c4ccccc4cc4ccccc34)ccc(-c3c4ccccc4cc4ccccc34)c2[cH-]1)c1ccccc1.CCC(Cc1cc2c(-c3c4ccccc4cc4ccccc34)ccc(-c3c4ccccc4cc4ccccc34)c2[cH-]1)c1ccccc1.[CH3-].[CH3-].[Si]=[Zr]. The van der Waals surface area contributed by atoms with Crippen LogP contribution in [0.15, 0.2) is 328 Å². The van der Waals surface area contributed by atoms with E-state index in [4.69, 9.17) is 0 Å². The molecule has 18 aromatic rings. The summed E-state index contributed by atoms with van der Waals surface area (Å²) in [4.78, 5) is 0. The molecule has 0 fully saturated rings. The molecule has 2 atom stereocenters. The molecule has 18 aromatic carbocycles. The third-order valence-electron chi connectivity index (χ3n) is 20.5. The first kappa shape index (κ1) is 65.2. The minimum absolute atomic E-state index is 0. The molecule has 472 valence electrons. The summed E-state index contributed by atoms with van der Waals surface area (Å²) in [5, 5.41) is 26.0. The summed E-state index contributed by atoms with van der Waals surface area (Å²) in [6.45, 7) is 7.70. The molecule has 0 bridgehead atoms. The third kappa shape index (κ3) is 11.9.